The van der Waals surface area contributed by atoms with Crippen molar-refractivity contribution in [2.45, 2.75) is 32.3 Å². The maximum atomic E-state index is 11.3. The summed E-state index contributed by atoms with van der Waals surface area (Å²) in [6, 6.07) is 9.84. The molecule has 1 aromatic carbocycles. The number of rotatable bonds is 5. The zero-order valence-corrected chi connectivity index (χ0v) is 18.0. The molecule has 1 fully saturated rings. The predicted octanol–water partition coefficient (Wildman–Crippen LogP) is 3.91. The molecule has 0 radical (unpaired) electrons. The van der Waals surface area contributed by atoms with Gasteiger partial charge in [0.05, 0.1) is 17.9 Å². The number of hydrogen-bond acceptors (Lipinski definition) is 7. The quantitative estimate of drug-likeness (QED) is 0.632. The van der Waals surface area contributed by atoms with Crippen LogP contribution in [0.5, 0.6) is 0 Å². The number of piperidine rings is 1. The Morgan fingerprint density at radius 2 is 2.10 bits per heavy atom. The number of pyridine rings is 1. The molecule has 0 unspecified atom stereocenters. The lowest BCUT2D eigenvalue weighted by atomic mass is 9.92. The smallest absolute Gasteiger partial charge is 0.223 e. The maximum Gasteiger partial charge on any atom is 0.223 e. The molecule has 4 rings (SSSR count). The summed E-state index contributed by atoms with van der Waals surface area (Å²) in [4.78, 5) is 23.2. The van der Waals surface area contributed by atoms with Gasteiger partial charge >= 0.3 is 0 Å². The van der Waals surface area contributed by atoms with Gasteiger partial charge in [0.15, 0.2) is 5.13 Å². The number of amides is 1. The first kappa shape index (κ1) is 21.0. The van der Waals surface area contributed by atoms with E-state index in [0.29, 0.717) is 16.6 Å². The van der Waals surface area contributed by atoms with Crippen molar-refractivity contribution in [1.82, 2.24) is 9.97 Å². The van der Waals surface area contributed by atoms with Crippen molar-refractivity contribution in [3.05, 3.63) is 58.9 Å². The first-order chi connectivity index (χ1) is 15.1. The van der Waals surface area contributed by atoms with E-state index in [1.54, 1.807) is 18.5 Å². The minimum atomic E-state index is -0.117. The molecule has 1 amide bonds. The lowest BCUT2D eigenvalue weighted by Gasteiger charge is -2.35. The second-order valence-corrected chi connectivity index (χ2v) is 8.58. The fourth-order valence-corrected chi connectivity index (χ4v) is 5.10. The maximum absolute atomic E-state index is 11.3. The van der Waals surface area contributed by atoms with Crippen LogP contribution < -0.4 is 10.2 Å². The molecule has 0 saturated carbocycles. The van der Waals surface area contributed by atoms with Gasteiger partial charge in [0.1, 0.15) is 6.07 Å². The molecule has 2 N–H and O–H groups in total. The summed E-state index contributed by atoms with van der Waals surface area (Å²) < 4.78 is 0. The highest BCUT2D eigenvalue weighted by molar-refractivity contribution is 7.15. The van der Waals surface area contributed by atoms with Crippen LogP contribution in [0.2, 0.25) is 0 Å². The number of para-hydroxylation sites is 1. The van der Waals surface area contributed by atoms with Crippen molar-refractivity contribution in [2.75, 3.05) is 23.3 Å². The lowest BCUT2D eigenvalue weighted by molar-refractivity contribution is -0.114. The van der Waals surface area contributed by atoms with Gasteiger partial charge in [0, 0.05) is 54.6 Å². The number of nitrogens with zero attached hydrogens (tertiary/aromatic N) is 4. The number of anilines is 2. The minimum absolute atomic E-state index is 0.0852. The Kier molecular flexibility index (Phi) is 6.26. The zero-order valence-electron chi connectivity index (χ0n) is 17.2. The van der Waals surface area contributed by atoms with Crippen LogP contribution in [-0.2, 0) is 11.4 Å². The molecular weight excluding hydrogens is 410 g/mol. The summed E-state index contributed by atoms with van der Waals surface area (Å²) in [5, 5.41) is 22.9. The highest BCUT2D eigenvalue weighted by Gasteiger charge is 2.26. The minimum Gasteiger partial charge on any atom is -0.392 e. The second kappa shape index (κ2) is 9.25. The fourth-order valence-electron chi connectivity index (χ4n) is 4.07. The van der Waals surface area contributed by atoms with Gasteiger partial charge in [0.25, 0.3) is 0 Å². The number of nitrogens with one attached hydrogen (secondary N) is 1. The fraction of sp³-hybridized carbons (Fsp3) is 0.304. The molecule has 3 heterocycles. The predicted molar refractivity (Wildman–Crippen MR) is 121 cm³/mol. The van der Waals surface area contributed by atoms with Gasteiger partial charge in [0.2, 0.25) is 5.91 Å². The molecule has 0 atom stereocenters. The van der Waals surface area contributed by atoms with Gasteiger partial charge < -0.3 is 15.3 Å². The van der Waals surface area contributed by atoms with Gasteiger partial charge in [-0.15, -0.1) is 11.3 Å². The van der Waals surface area contributed by atoms with E-state index < -0.39 is 0 Å². The number of nitriles is 1. The number of aliphatic hydroxyl groups excluding tert-OH is 1. The molecule has 0 bridgehead atoms. The Morgan fingerprint density at radius 1 is 1.29 bits per heavy atom. The Bertz CT molecular complexity index is 1130. The Morgan fingerprint density at radius 3 is 2.81 bits per heavy atom. The van der Waals surface area contributed by atoms with Crippen molar-refractivity contribution >= 4 is 28.1 Å². The first-order valence-electron chi connectivity index (χ1n) is 10.2. The molecule has 7 nitrogen and oxygen atoms in total. The molecule has 1 aliphatic heterocycles. The van der Waals surface area contributed by atoms with E-state index in [1.807, 2.05) is 24.4 Å². The van der Waals surface area contributed by atoms with E-state index in [2.05, 4.69) is 26.3 Å². The Hall–Kier alpha value is -3.28. The molecule has 2 aromatic heterocycles. The van der Waals surface area contributed by atoms with Crippen LogP contribution >= 0.6 is 11.3 Å². The highest BCUT2D eigenvalue weighted by atomic mass is 32.1. The number of aliphatic hydroxyl groups is 1. The third kappa shape index (κ3) is 4.43. The van der Waals surface area contributed by atoms with Crippen molar-refractivity contribution < 1.29 is 9.90 Å². The number of aromatic nitrogens is 2. The van der Waals surface area contributed by atoms with Crippen molar-refractivity contribution in [3.8, 4) is 17.2 Å². The summed E-state index contributed by atoms with van der Waals surface area (Å²) in [6.07, 6.45) is 7.13. The summed E-state index contributed by atoms with van der Waals surface area (Å²) in [5.41, 5.74) is 4.07. The average molecular weight is 434 g/mol. The normalized spacial score (nSPS) is 14.3. The molecule has 158 valence electrons. The number of hydrogen-bond donors (Lipinski definition) is 2. The molecule has 3 aromatic rings. The molecule has 1 saturated heterocycles. The molecule has 8 heteroatoms. The molecule has 1 aliphatic rings. The summed E-state index contributed by atoms with van der Waals surface area (Å²) in [5.74, 6) is 0.259. The monoisotopic (exact) mass is 433 g/mol. The summed E-state index contributed by atoms with van der Waals surface area (Å²) in [7, 11) is 0. The third-order valence-corrected chi connectivity index (χ3v) is 6.62. The number of benzene rings is 1. The van der Waals surface area contributed by atoms with E-state index in [-0.39, 0.29) is 12.5 Å². The Labute approximate surface area is 185 Å². The highest BCUT2D eigenvalue weighted by Crippen LogP contribution is 2.40. The van der Waals surface area contributed by atoms with Crippen molar-refractivity contribution in [2.24, 2.45) is 0 Å². The standard InChI is InChI=1S/C23H23N5O2S/c1-15(30)27-23-26-13-21(31-23)16-6-9-28(10-7-16)22-17(11-24)3-2-4-19(22)20-12-25-8-5-18(20)14-29/h2-5,8,12-13,16,29H,6-7,9-10,14H2,1H3,(H,26,27,30). The summed E-state index contributed by atoms with van der Waals surface area (Å²) >= 11 is 1.53. The van der Waals surface area contributed by atoms with E-state index in [1.165, 1.54) is 23.1 Å². The molecular formula is C23H23N5O2S. The van der Waals surface area contributed by atoms with Crippen LogP contribution in [0.15, 0.2) is 42.9 Å². The van der Waals surface area contributed by atoms with Crippen LogP contribution in [0, 0.1) is 11.3 Å². The zero-order chi connectivity index (χ0) is 21.8. The lowest BCUT2D eigenvalue weighted by Crippen LogP contribution is -2.33. The summed E-state index contributed by atoms with van der Waals surface area (Å²) in [6.45, 7) is 3.00. The van der Waals surface area contributed by atoms with Gasteiger partial charge in [-0.2, -0.15) is 5.26 Å². The second-order valence-electron chi connectivity index (χ2n) is 7.51. The number of carbonyl (C=O) groups excluding carboxylic acids is 1. The van der Waals surface area contributed by atoms with Gasteiger partial charge in [-0.05, 0) is 36.5 Å². The van der Waals surface area contributed by atoms with Gasteiger partial charge in [-0.25, -0.2) is 4.98 Å². The third-order valence-electron chi connectivity index (χ3n) is 5.55. The topological polar surface area (TPSA) is 102 Å². The first-order valence-corrected chi connectivity index (χ1v) is 11.0. The number of thiazole rings is 1. The van der Waals surface area contributed by atoms with Crippen LogP contribution in [0.4, 0.5) is 10.8 Å². The van der Waals surface area contributed by atoms with Crippen molar-refractivity contribution in [1.29, 1.82) is 5.26 Å². The van der Waals surface area contributed by atoms with Crippen LogP contribution in [-0.4, -0.2) is 34.1 Å². The van der Waals surface area contributed by atoms with Crippen molar-refractivity contribution in [3.63, 3.8) is 0 Å². The van der Waals surface area contributed by atoms with E-state index >= 15 is 0 Å². The Balaban J connectivity index is 1.59. The molecule has 0 aliphatic carbocycles. The molecule has 31 heavy (non-hydrogen) atoms. The largest absolute Gasteiger partial charge is 0.392 e. The number of carbonyl (C=O) groups is 1. The molecule has 0 spiro atoms. The van der Waals surface area contributed by atoms with Crippen LogP contribution in [0.3, 0.4) is 0 Å². The van der Waals surface area contributed by atoms with Gasteiger partial charge in [-0.3, -0.25) is 9.78 Å². The van der Waals surface area contributed by atoms with E-state index in [9.17, 15) is 15.2 Å². The van der Waals surface area contributed by atoms with Gasteiger partial charge in [-0.1, -0.05) is 12.1 Å². The van der Waals surface area contributed by atoms with Crippen LogP contribution in [0.1, 0.15) is 41.7 Å². The average Bonchev–Trinajstić information content (AvgIpc) is 3.26. The van der Waals surface area contributed by atoms with Crippen LogP contribution in [0.25, 0.3) is 11.1 Å². The van der Waals surface area contributed by atoms with E-state index in [4.69, 9.17) is 0 Å². The SMILES string of the molecule is CC(=O)Nc1ncc(C2CCN(c3c(C#N)cccc3-c3cnccc3CO)CC2)s1. The van der Waals surface area contributed by atoms with E-state index in [0.717, 1.165) is 48.3 Å².